The highest BCUT2D eigenvalue weighted by atomic mass is 32.2. The van der Waals surface area contributed by atoms with Gasteiger partial charge in [0.15, 0.2) is 11.0 Å². The third kappa shape index (κ3) is 4.93. The highest BCUT2D eigenvalue weighted by Gasteiger charge is 2.22. The lowest BCUT2D eigenvalue weighted by Gasteiger charge is -2.14. The summed E-state index contributed by atoms with van der Waals surface area (Å²) < 4.78 is 23.6. The van der Waals surface area contributed by atoms with Gasteiger partial charge in [-0.15, -0.1) is 10.2 Å². The molecular weight excluding hydrogens is 467 g/mol. The Labute approximate surface area is 206 Å². The van der Waals surface area contributed by atoms with Crippen LogP contribution < -0.4 is 10.1 Å². The van der Waals surface area contributed by atoms with Crippen LogP contribution in [-0.2, 0) is 4.79 Å². The Kier molecular flexibility index (Phi) is 6.80. The molecule has 0 atom stereocenters. The molecule has 1 aliphatic carbocycles. The maximum atomic E-state index is 14.8. The van der Waals surface area contributed by atoms with E-state index in [1.165, 1.54) is 30.7 Å². The lowest BCUT2D eigenvalue weighted by Crippen LogP contribution is -2.19. The smallest absolute Gasteiger partial charge is 0.235 e. The van der Waals surface area contributed by atoms with E-state index in [2.05, 4.69) is 20.6 Å². The summed E-state index contributed by atoms with van der Waals surface area (Å²) >= 11 is 1.20. The van der Waals surface area contributed by atoms with Crippen molar-refractivity contribution in [3.8, 4) is 22.8 Å². The highest BCUT2D eigenvalue weighted by molar-refractivity contribution is 7.99. The number of thioether (sulfide) groups is 1. The minimum atomic E-state index is -0.408. The molecule has 1 amide bonds. The Bertz CT molecular complexity index is 1310. The SMILES string of the molecule is COc1ccc(-c2nnc(SCC(=O)Nc3ccnn3C3CCCC3)n2-c2ccccc2F)cc1. The number of aromatic nitrogens is 5. The van der Waals surface area contributed by atoms with Gasteiger partial charge in [0.1, 0.15) is 17.4 Å². The van der Waals surface area contributed by atoms with Gasteiger partial charge < -0.3 is 10.1 Å². The van der Waals surface area contributed by atoms with Crippen molar-refractivity contribution in [2.45, 2.75) is 36.9 Å². The molecule has 180 valence electrons. The molecule has 0 spiro atoms. The number of nitrogens with zero attached hydrogens (tertiary/aromatic N) is 5. The van der Waals surface area contributed by atoms with Crippen molar-refractivity contribution >= 4 is 23.5 Å². The molecule has 2 heterocycles. The van der Waals surface area contributed by atoms with Gasteiger partial charge in [0.2, 0.25) is 5.91 Å². The van der Waals surface area contributed by atoms with Crippen LogP contribution in [0.3, 0.4) is 0 Å². The first-order chi connectivity index (χ1) is 17.1. The molecule has 1 N–H and O–H groups in total. The van der Waals surface area contributed by atoms with Crippen molar-refractivity contribution in [2.75, 3.05) is 18.2 Å². The predicted octanol–water partition coefficient (Wildman–Crippen LogP) is 5.12. The molecule has 4 aromatic rings. The van der Waals surface area contributed by atoms with Crippen molar-refractivity contribution in [2.24, 2.45) is 0 Å². The monoisotopic (exact) mass is 492 g/mol. The van der Waals surface area contributed by atoms with Crippen molar-refractivity contribution in [1.29, 1.82) is 0 Å². The van der Waals surface area contributed by atoms with Crippen LogP contribution in [-0.4, -0.2) is 43.3 Å². The van der Waals surface area contributed by atoms with E-state index < -0.39 is 5.82 Å². The number of nitrogens with one attached hydrogen (secondary N) is 1. The van der Waals surface area contributed by atoms with Crippen LogP contribution in [0.4, 0.5) is 10.2 Å². The summed E-state index contributed by atoms with van der Waals surface area (Å²) in [6, 6.07) is 15.9. The van der Waals surface area contributed by atoms with Crippen molar-refractivity contribution in [3.63, 3.8) is 0 Å². The highest BCUT2D eigenvalue weighted by Crippen LogP contribution is 2.32. The van der Waals surface area contributed by atoms with Crippen LogP contribution in [0.5, 0.6) is 5.75 Å². The van der Waals surface area contributed by atoms with Gasteiger partial charge in [-0.3, -0.25) is 9.36 Å². The molecule has 5 rings (SSSR count). The Morgan fingerprint density at radius 2 is 1.89 bits per heavy atom. The summed E-state index contributed by atoms with van der Waals surface area (Å²) in [7, 11) is 1.59. The quantitative estimate of drug-likeness (QED) is 0.344. The molecule has 0 saturated heterocycles. The molecule has 8 nitrogen and oxygen atoms in total. The summed E-state index contributed by atoms with van der Waals surface area (Å²) in [5.74, 6) is 1.36. The van der Waals surface area contributed by atoms with Crippen LogP contribution >= 0.6 is 11.8 Å². The lowest BCUT2D eigenvalue weighted by molar-refractivity contribution is -0.113. The third-order valence-electron chi connectivity index (χ3n) is 6.02. The van der Waals surface area contributed by atoms with Gasteiger partial charge in [0.05, 0.1) is 30.8 Å². The number of anilines is 1. The van der Waals surface area contributed by atoms with Gasteiger partial charge in [-0.2, -0.15) is 5.10 Å². The van der Waals surface area contributed by atoms with E-state index in [1.54, 1.807) is 36.1 Å². The standard InChI is InChI=1S/C25H25FN6O2S/c1-34-19-12-10-17(11-13-19)24-29-30-25(31(24)21-9-5-4-8-20(21)26)35-16-23(33)28-22-14-15-27-32(22)18-6-2-3-7-18/h4-5,8-15,18H,2-3,6-7,16H2,1H3,(H,28,33). The van der Waals surface area contributed by atoms with E-state index in [9.17, 15) is 9.18 Å². The maximum absolute atomic E-state index is 14.8. The number of carbonyl (C=O) groups excluding carboxylic acids is 1. The van der Waals surface area contributed by atoms with Gasteiger partial charge >= 0.3 is 0 Å². The van der Waals surface area contributed by atoms with Gasteiger partial charge in [0, 0.05) is 11.6 Å². The zero-order valence-electron chi connectivity index (χ0n) is 19.2. The molecule has 2 aromatic carbocycles. The largest absolute Gasteiger partial charge is 0.497 e. The fraction of sp³-hybridized carbons (Fsp3) is 0.280. The predicted molar refractivity (Wildman–Crippen MR) is 132 cm³/mol. The number of hydrogen-bond acceptors (Lipinski definition) is 6. The van der Waals surface area contributed by atoms with Crippen molar-refractivity contribution < 1.29 is 13.9 Å². The number of hydrogen-bond donors (Lipinski definition) is 1. The molecule has 0 unspecified atom stereocenters. The minimum Gasteiger partial charge on any atom is -0.497 e. The molecule has 35 heavy (non-hydrogen) atoms. The third-order valence-corrected chi connectivity index (χ3v) is 6.94. The van der Waals surface area contributed by atoms with Gasteiger partial charge in [-0.05, 0) is 49.2 Å². The molecule has 0 aliphatic heterocycles. The van der Waals surface area contributed by atoms with E-state index in [1.807, 2.05) is 35.0 Å². The van der Waals surface area contributed by atoms with E-state index in [0.29, 0.717) is 34.3 Å². The van der Waals surface area contributed by atoms with Gasteiger partial charge in [0.25, 0.3) is 0 Å². The van der Waals surface area contributed by atoms with Crippen LogP contribution in [0.2, 0.25) is 0 Å². The first-order valence-electron chi connectivity index (χ1n) is 11.4. The summed E-state index contributed by atoms with van der Waals surface area (Å²) in [4.78, 5) is 12.8. The number of para-hydroxylation sites is 1. The second-order valence-corrected chi connectivity index (χ2v) is 9.20. The summed E-state index contributed by atoms with van der Waals surface area (Å²) in [6.45, 7) is 0. The van der Waals surface area contributed by atoms with Crippen LogP contribution in [0.25, 0.3) is 17.1 Å². The fourth-order valence-corrected chi connectivity index (χ4v) is 5.05. The van der Waals surface area contributed by atoms with E-state index in [-0.39, 0.29) is 11.7 Å². The Morgan fingerprint density at radius 1 is 1.11 bits per heavy atom. The Hall–Kier alpha value is -3.66. The first kappa shape index (κ1) is 23.1. The lowest BCUT2D eigenvalue weighted by atomic mass is 10.2. The average molecular weight is 493 g/mol. The van der Waals surface area contributed by atoms with Crippen molar-refractivity contribution in [1.82, 2.24) is 24.5 Å². The topological polar surface area (TPSA) is 86.9 Å². The number of ether oxygens (including phenoxy) is 1. The number of methoxy groups -OCH3 is 1. The second-order valence-electron chi connectivity index (χ2n) is 8.26. The average Bonchev–Trinajstić information content (AvgIpc) is 3.64. The number of benzene rings is 2. The maximum Gasteiger partial charge on any atom is 0.235 e. The van der Waals surface area contributed by atoms with Crippen LogP contribution in [0.1, 0.15) is 31.7 Å². The number of rotatable bonds is 8. The first-order valence-corrected chi connectivity index (χ1v) is 12.4. The van der Waals surface area contributed by atoms with Crippen LogP contribution in [0.15, 0.2) is 66.0 Å². The summed E-state index contributed by atoms with van der Waals surface area (Å²) in [5, 5.41) is 16.4. The number of carbonyl (C=O) groups is 1. The summed E-state index contributed by atoms with van der Waals surface area (Å²) in [5.41, 5.74) is 1.06. The van der Waals surface area contributed by atoms with Gasteiger partial charge in [-0.25, -0.2) is 9.07 Å². The van der Waals surface area contributed by atoms with E-state index in [0.717, 1.165) is 18.4 Å². The zero-order valence-corrected chi connectivity index (χ0v) is 20.0. The second kappa shape index (κ2) is 10.3. The van der Waals surface area contributed by atoms with Gasteiger partial charge in [-0.1, -0.05) is 36.7 Å². The van der Waals surface area contributed by atoms with Crippen LogP contribution in [0, 0.1) is 5.82 Å². The molecule has 1 aliphatic rings. The Balaban J connectivity index is 1.38. The van der Waals surface area contributed by atoms with E-state index in [4.69, 9.17) is 4.74 Å². The summed E-state index contributed by atoms with van der Waals surface area (Å²) in [6.07, 6.45) is 6.20. The molecule has 0 radical (unpaired) electrons. The molecule has 0 bridgehead atoms. The number of amides is 1. The Morgan fingerprint density at radius 3 is 2.63 bits per heavy atom. The molecule has 10 heteroatoms. The minimum absolute atomic E-state index is 0.0883. The van der Waals surface area contributed by atoms with E-state index >= 15 is 0 Å². The molecule has 2 aromatic heterocycles. The molecule has 1 saturated carbocycles. The zero-order chi connectivity index (χ0) is 24.2. The molecular formula is C25H25FN6O2S. The normalized spacial score (nSPS) is 13.8. The molecule has 1 fully saturated rings. The van der Waals surface area contributed by atoms with Crippen molar-refractivity contribution in [3.05, 3.63) is 66.6 Å². The number of halogens is 1. The fourth-order valence-electron chi connectivity index (χ4n) is 4.30.